The summed E-state index contributed by atoms with van der Waals surface area (Å²) in [5.41, 5.74) is 2.95. The zero-order valence-corrected chi connectivity index (χ0v) is 8.07. The fourth-order valence-corrected chi connectivity index (χ4v) is 1.29. The smallest absolute Gasteiger partial charge is 0.104 e. The maximum absolute atomic E-state index is 8.55. The van der Waals surface area contributed by atoms with Crippen molar-refractivity contribution in [2.24, 2.45) is 0 Å². The van der Waals surface area contributed by atoms with Gasteiger partial charge in [-0.2, -0.15) is 5.10 Å². The van der Waals surface area contributed by atoms with Crippen molar-refractivity contribution in [3.63, 3.8) is 0 Å². The Morgan fingerprint density at radius 3 is 2.60 bits per heavy atom. The van der Waals surface area contributed by atoms with Gasteiger partial charge in [0.2, 0.25) is 0 Å². The summed E-state index contributed by atoms with van der Waals surface area (Å²) in [6, 6.07) is 9.68. The fourth-order valence-electron chi connectivity index (χ4n) is 1.29. The Hall–Kier alpha value is -2.05. The Labute approximate surface area is 87.8 Å². The highest BCUT2D eigenvalue weighted by Gasteiger charge is 1.96. The predicted octanol–water partition coefficient (Wildman–Crippen LogP) is 1.42. The summed E-state index contributed by atoms with van der Waals surface area (Å²) in [4.78, 5) is 0. The molecule has 0 aliphatic heterocycles. The van der Waals surface area contributed by atoms with E-state index in [1.54, 1.807) is 6.20 Å². The van der Waals surface area contributed by atoms with Gasteiger partial charge in [-0.1, -0.05) is 24.0 Å². The molecular weight excluding hydrogens is 188 g/mol. The van der Waals surface area contributed by atoms with Crippen LogP contribution in [0.2, 0.25) is 0 Å². The number of aromatic amines is 1. The lowest BCUT2D eigenvalue weighted by atomic mass is 10.1. The van der Waals surface area contributed by atoms with Crippen LogP contribution < -0.4 is 0 Å². The number of rotatable bonds is 1. The van der Waals surface area contributed by atoms with Crippen molar-refractivity contribution in [3.05, 3.63) is 42.1 Å². The zero-order valence-electron chi connectivity index (χ0n) is 8.07. The number of nitrogens with one attached hydrogen (secondary N) is 1. The first-order valence-electron chi connectivity index (χ1n) is 4.59. The van der Waals surface area contributed by atoms with Crippen LogP contribution in [0.25, 0.3) is 11.3 Å². The summed E-state index contributed by atoms with van der Waals surface area (Å²) in [5, 5.41) is 15.3. The van der Waals surface area contributed by atoms with Crippen molar-refractivity contribution < 1.29 is 5.11 Å². The van der Waals surface area contributed by atoms with E-state index in [4.69, 9.17) is 5.11 Å². The minimum Gasteiger partial charge on any atom is -0.384 e. The second kappa shape index (κ2) is 4.45. The standard InChI is InChI=1S/C12H10N2O/c15-9-1-2-10-3-5-11(6-4-10)12-7-8-13-14-12/h3-8,15H,9H2,(H,13,14). The molecule has 3 heteroatoms. The summed E-state index contributed by atoms with van der Waals surface area (Å²) < 4.78 is 0. The molecule has 0 radical (unpaired) electrons. The van der Waals surface area contributed by atoms with E-state index in [9.17, 15) is 0 Å². The SMILES string of the molecule is OCC#Cc1ccc(-c2ccn[nH]2)cc1. The van der Waals surface area contributed by atoms with Crippen molar-refractivity contribution in [1.82, 2.24) is 10.2 Å². The third-order valence-electron chi connectivity index (χ3n) is 2.01. The molecule has 0 saturated carbocycles. The molecule has 1 heterocycles. The van der Waals surface area contributed by atoms with E-state index in [2.05, 4.69) is 22.0 Å². The normalized spacial score (nSPS) is 9.40. The molecule has 3 nitrogen and oxygen atoms in total. The summed E-state index contributed by atoms with van der Waals surface area (Å²) in [6.45, 7) is -0.109. The average Bonchev–Trinajstić information content (AvgIpc) is 2.80. The molecule has 0 atom stereocenters. The fraction of sp³-hybridized carbons (Fsp3) is 0.0833. The molecule has 0 bridgehead atoms. The van der Waals surface area contributed by atoms with Gasteiger partial charge in [-0.15, -0.1) is 0 Å². The number of aromatic nitrogens is 2. The summed E-state index contributed by atoms with van der Waals surface area (Å²) in [6.07, 6.45) is 1.72. The van der Waals surface area contributed by atoms with Crippen LogP contribution in [0.4, 0.5) is 0 Å². The molecule has 0 unspecified atom stereocenters. The van der Waals surface area contributed by atoms with Gasteiger partial charge in [-0.05, 0) is 23.8 Å². The van der Waals surface area contributed by atoms with Crippen LogP contribution >= 0.6 is 0 Å². The molecular formula is C12H10N2O. The van der Waals surface area contributed by atoms with Crippen molar-refractivity contribution in [2.75, 3.05) is 6.61 Å². The Kier molecular flexibility index (Phi) is 2.82. The molecule has 0 aliphatic carbocycles. The number of nitrogens with zero attached hydrogens (tertiary/aromatic N) is 1. The maximum atomic E-state index is 8.55. The van der Waals surface area contributed by atoms with E-state index >= 15 is 0 Å². The Balaban J connectivity index is 2.25. The number of aliphatic hydroxyl groups excluding tert-OH is 1. The minimum atomic E-state index is -0.109. The van der Waals surface area contributed by atoms with E-state index in [-0.39, 0.29) is 6.61 Å². The van der Waals surface area contributed by atoms with E-state index in [1.165, 1.54) is 0 Å². The highest BCUT2D eigenvalue weighted by atomic mass is 16.2. The largest absolute Gasteiger partial charge is 0.384 e. The van der Waals surface area contributed by atoms with Crippen molar-refractivity contribution in [3.8, 4) is 23.1 Å². The molecule has 1 aromatic carbocycles. The van der Waals surface area contributed by atoms with Gasteiger partial charge in [-0.25, -0.2) is 0 Å². The molecule has 74 valence electrons. The van der Waals surface area contributed by atoms with Crippen LogP contribution in [0.5, 0.6) is 0 Å². The van der Waals surface area contributed by atoms with Crippen LogP contribution in [-0.2, 0) is 0 Å². The topological polar surface area (TPSA) is 48.9 Å². The molecule has 15 heavy (non-hydrogen) atoms. The first-order valence-corrected chi connectivity index (χ1v) is 4.59. The summed E-state index contributed by atoms with van der Waals surface area (Å²) >= 11 is 0. The van der Waals surface area contributed by atoms with Crippen LogP contribution in [0.15, 0.2) is 36.5 Å². The van der Waals surface area contributed by atoms with Gasteiger partial charge < -0.3 is 5.11 Å². The zero-order chi connectivity index (χ0) is 10.5. The quantitative estimate of drug-likeness (QED) is 0.681. The third-order valence-corrected chi connectivity index (χ3v) is 2.01. The monoisotopic (exact) mass is 198 g/mol. The number of hydrogen-bond donors (Lipinski definition) is 2. The second-order valence-electron chi connectivity index (χ2n) is 3.01. The molecule has 0 amide bonds. The van der Waals surface area contributed by atoms with Gasteiger partial charge in [-0.3, -0.25) is 5.10 Å². The van der Waals surface area contributed by atoms with Gasteiger partial charge in [0.15, 0.2) is 0 Å². The first-order chi connectivity index (χ1) is 7.40. The minimum absolute atomic E-state index is 0.109. The number of H-pyrrole nitrogens is 1. The van der Waals surface area contributed by atoms with E-state index < -0.39 is 0 Å². The molecule has 2 aromatic rings. The Bertz CT molecular complexity index is 475. The number of benzene rings is 1. The lowest BCUT2D eigenvalue weighted by Gasteiger charge is -1.96. The van der Waals surface area contributed by atoms with Crippen LogP contribution in [0, 0.1) is 11.8 Å². The molecule has 0 aliphatic rings. The predicted molar refractivity (Wildman–Crippen MR) is 58.0 cm³/mol. The average molecular weight is 198 g/mol. The Morgan fingerprint density at radius 2 is 2.00 bits per heavy atom. The molecule has 2 rings (SSSR count). The van der Waals surface area contributed by atoms with Crippen LogP contribution in [-0.4, -0.2) is 21.9 Å². The second-order valence-corrected chi connectivity index (χ2v) is 3.01. The summed E-state index contributed by atoms with van der Waals surface area (Å²) in [5.74, 6) is 5.45. The third kappa shape index (κ3) is 2.25. The van der Waals surface area contributed by atoms with Crippen molar-refractivity contribution in [1.29, 1.82) is 0 Å². The van der Waals surface area contributed by atoms with E-state index in [0.717, 1.165) is 16.8 Å². The van der Waals surface area contributed by atoms with E-state index in [1.807, 2.05) is 30.3 Å². The summed E-state index contributed by atoms with van der Waals surface area (Å²) in [7, 11) is 0. The number of aliphatic hydroxyl groups is 1. The van der Waals surface area contributed by atoms with Crippen molar-refractivity contribution >= 4 is 0 Å². The van der Waals surface area contributed by atoms with Gasteiger partial charge in [0.1, 0.15) is 6.61 Å². The Morgan fingerprint density at radius 1 is 1.20 bits per heavy atom. The van der Waals surface area contributed by atoms with Crippen LogP contribution in [0.3, 0.4) is 0 Å². The van der Waals surface area contributed by atoms with Crippen molar-refractivity contribution in [2.45, 2.75) is 0 Å². The maximum Gasteiger partial charge on any atom is 0.104 e. The highest BCUT2D eigenvalue weighted by Crippen LogP contribution is 2.15. The van der Waals surface area contributed by atoms with Crippen LogP contribution in [0.1, 0.15) is 5.56 Å². The lowest BCUT2D eigenvalue weighted by Crippen LogP contribution is -1.80. The molecule has 0 saturated heterocycles. The lowest BCUT2D eigenvalue weighted by molar-refractivity contribution is 0.350. The van der Waals surface area contributed by atoms with Gasteiger partial charge in [0, 0.05) is 11.8 Å². The van der Waals surface area contributed by atoms with E-state index in [0.29, 0.717) is 0 Å². The molecule has 0 spiro atoms. The molecule has 2 N–H and O–H groups in total. The van der Waals surface area contributed by atoms with Gasteiger partial charge >= 0.3 is 0 Å². The highest BCUT2D eigenvalue weighted by molar-refractivity contribution is 5.59. The molecule has 1 aromatic heterocycles. The first kappa shape index (κ1) is 9.50. The van der Waals surface area contributed by atoms with Gasteiger partial charge in [0.05, 0.1) is 5.69 Å². The van der Waals surface area contributed by atoms with Gasteiger partial charge in [0.25, 0.3) is 0 Å². The number of hydrogen-bond acceptors (Lipinski definition) is 2. The molecule has 0 fully saturated rings.